The second-order valence-electron chi connectivity index (χ2n) is 7.15. The van der Waals surface area contributed by atoms with Crippen LogP contribution in [0.15, 0.2) is 54.6 Å². The van der Waals surface area contributed by atoms with Gasteiger partial charge in [-0.3, -0.25) is 0 Å². The van der Waals surface area contributed by atoms with E-state index in [1.54, 1.807) is 11.3 Å². The average Bonchev–Trinajstić information content (AvgIpc) is 2.91. The standard InChI is InChI=1S/C20H20N2O2S/c23-11-14-18(13-6-2-1-3-7-13)20(14)12-22(10-17(20)24)19-21-15-8-4-5-9-16(15)25-19/h1-9,14,17-18,23-24H,10-12H2/t14-,17-,18-,20-/m1/s1. The lowest BCUT2D eigenvalue weighted by Crippen LogP contribution is -2.23. The van der Waals surface area contributed by atoms with Crippen molar-refractivity contribution >= 4 is 26.7 Å². The summed E-state index contributed by atoms with van der Waals surface area (Å²) in [6, 6.07) is 18.4. The van der Waals surface area contributed by atoms with Crippen LogP contribution >= 0.6 is 11.3 Å². The summed E-state index contributed by atoms with van der Waals surface area (Å²) in [6.45, 7) is 1.45. The van der Waals surface area contributed by atoms with E-state index < -0.39 is 6.10 Å². The minimum Gasteiger partial charge on any atom is -0.396 e. The Kier molecular flexibility index (Phi) is 3.39. The average molecular weight is 352 g/mol. The molecule has 5 heteroatoms. The molecule has 2 N–H and O–H groups in total. The SMILES string of the molecule is OC[C@@H]1[C@@H](c2ccccc2)[C@]12CN(c1nc3ccccc3s1)C[C@H]2O. The predicted octanol–water partition coefficient (Wildman–Crippen LogP) is 2.87. The number of β-amino-alcohol motifs (C(OH)–C–C–N with tert-alkyl or cyclic N) is 1. The third-order valence-electron chi connectivity index (χ3n) is 5.95. The molecule has 2 aliphatic rings. The zero-order valence-corrected chi connectivity index (χ0v) is 14.6. The van der Waals surface area contributed by atoms with Crippen LogP contribution in [0.3, 0.4) is 0 Å². The lowest BCUT2D eigenvalue weighted by molar-refractivity contribution is 0.113. The number of benzene rings is 2. The molecule has 2 heterocycles. The Hall–Kier alpha value is -1.95. The number of thiazole rings is 1. The molecule has 0 amide bonds. The van der Waals surface area contributed by atoms with Gasteiger partial charge in [-0.2, -0.15) is 0 Å². The minimum absolute atomic E-state index is 0.115. The molecule has 128 valence electrons. The van der Waals surface area contributed by atoms with Crippen LogP contribution in [0.4, 0.5) is 5.13 Å². The van der Waals surface area contributed by atoms with Crippen molar-refractivity contribution in [2.45, 2.75) is 12.0 Å². The monoisotopic (exact) mass is 352 g/mol. The maximum atomic E-state index is 10.9. The molecule has 1 saturated carbocycles. The Morgan fingerprint density at radius 1 is 1.12 bits per heavy atom. The fourth-order valence-corrected chi connectivity index (χ4v) is 5.68. The molecule has 0 unspecified atom stereocenters. The van der Waals surface area contributed by atoms with E-state index >= 15 is 0 Å². The quantitative estimate of drug-likeness (QED) is 0.761. The highest BCUT2D eigenvalue weighted by Crippen LogP contribution is 2.69. The van der Waals surface area contributed by atoms with Gasteiger partial charge in [0.2, 0.25) is 0 Å². The first-order valence-corrected chi connectivity index (χ1v) is 9.50. The molecule has 1 aliphatic carbocycles. The molecular formula is C20H20N2O2S. The Morgan fingerprint density at radius 2 is 1.88 bits per heavy atom. The fraction of sp³-hybridized carbons (Fsp3) is 0.350. The molecule has 4 atom stereocenters. The van der Waals surface area contributed by atoms with E-state index in [1.807, 2.05) is 36.4 Å². The molecule has 1 aromatic heterocycles. The van der Waals surface area contributed by atoms with Crippen molar-refractivity contribution in [3.8, 4) is 0 Å². The van der Waals surface area contributed by atoms with Crippen molar-refractivity contribution in [2.24, 2.45) is 11.3 Å². The summed E-state index contributed by atoms with van der Waals surface area (Å²) in [6.07, 6.45) is -0.443. The zero-order chi connectivity index (χ0) is 17.0. The largest absolute Gasteiger partial charge is 0.396 e. The summed E-state index contributed by atoms with van der Waals surface area (Å²) < 4.78 is 1.17. The number of aliphatic hydroxyl groups is 2. The van der Waals surface area contributed by atoms with E-state index in [1.165, 1.54) is 10.3 Å². The number of fused-ring (bicyclic) bond motifs is 1. The van der Waals surface area contributed by atoms with Crippen LogP contribution in [0.5, 0.6) is 0 Å². The Balaban J connectivity index is 1.48. The van der Waals surface area contributed by atoms with Crippen LogP contribution in [0.1, 0.15) is 11.5 Å². The molecule has 25 heavy (non-hydrogen) atoms. The van der Waals surface area contributed by atoms with Gasteiger partial charge in [0.05, 0.1) is 16.3 Å². The highest BCUT2D eigenvalue weighted by molar-refractivity contribution is 7.22. The van der Waals surface area contributed by atoms with Gasteiger partial charge in [-0.1, -0.05) is 53.8 Å². The van der Waals surface area contributed by atoms with Crippen LogP contribution < -0.4 is 4.90 Å². The Morgan fingerprint density at radius 3 is 2.64 bits per heavy atom. The molecule has 5 rings (SSSR count). The highest BCUT2D eigenvalue weighted by Gasteiger charge is 2.71. The van der Waals surface area contributed by atoms with Crippen LogP contribution in [-0.2, 0) is 0 Å². The van der Waals surface area contributed by atoms with E-state index in [4.69, 9.17) is 4.98 Å². The Labute approximate surface area is 150 Å². The zero-order valence-electron chi connectivity index (χ0n) is 13.7. The number of nitrogens with zero attached hydrogens (tertiary/aromatic N) is 2. The number of rotatable bonds is 3. The third kappa shape index (κ3) is 2.16. The number of hydrogen-bond acceptors (Lipinski definition) is 5. The van der Waals surface area contributed by atoms with Crippen LogP contribution in [0.25, 0.3) is 10.2 Å². The predicted molar refractivity (Wildman–Crippen MR) is 100 cm³/mol. The van der Waals surface area contributed by atoms with Gasteiger partial charge < -0.3 is 15.1 Å². The van der Waals surface area contributed by atoms with Crippen molar-refractivity contribution in [1.82, 2.24) is 4.98 Å². The van der Waals surface area contributed by atoms with E-state index in [2.05, 4.69) is 23.1 Å². The smallest absolute Gasteiger partial charge is 0.186 e. The van der Waals surface area contributed by atoms with Gasteiger partial charge in [-0.15, -0.1) is 0 Å². The normalized spacial score (nSPS) is 31.1. The summed E-state index contributed by atoms with van der Waals surface area (Å²) in [5.41, 5.74) is 1.97. The number of para-hydroxylation sites is 1. The van der Waals surface area contributed by atoms with E-state index in [0.29, 0.717) is 6.54 Å². The fourth-order valence-electron chi connectivity index (χ4n) is 4.71. The molecule has 3 aromatic rings. The molecule has 1 spiro atoms. The van der Waals surface area contributed by atoms with Gasteiger partial charge in [0.25, 0.3) is 0 Å². The lowest BCUT2D eigenvalue weighted by Gasteiger charge is -2.15. The summed E-state index contributed by atoms with van der Waals surface area (Å²) in [7, 11) is 0. The minimum atomic E-state index is -0.443. The second-order valence-corrected chi connectivity index (χ2v) is 8.16. The number of hydrogen-bond donors (Lipinski definition) is 2. The summed E-state index contributed by atoms with van der Waals surface area (Å²) in [5.74, 6) is 0.331. The van der Waals surface area contributed by atoms with Gasteiger partial charge in [0.1, 0.15) is 0 Å². The van der Waals surface area contributed by atoms with Gasteiger partial charge in [-0.05, 0) is 29.5 Å². The van der Waals surface area contributed by atoms with Crippen LogP contribution in [-0.4, -0.2) is 41.0 Å². The van der Waals surface area contributed by atoms with Crippen LogP contribution in [0.2, 0.25) is 0 Å². The first-order valence-electron chi connectivity index (χ1n) is 8.68. The van der Waals surface area contributed by atoms with Crippen molar-refractivity contribution < 1.29 is 10.2 Å². The number of aliphatic hydroxyl groups excluding tert-OH is 2. The summed E-state index contributed by atoms with van der Waals surface area (Å²) in [4.78, 5) is 6.94. The second kappa shape index (κ2) is 5.53. The van der Waals surface area contributed by atoms with Gasteiger partial charge in [0, 0.05) is 25.1 Å². The molecular weight excluding hydrogens is 332 g/mol. The Bertz CT molecular complexity index is 879. The molecule has 0 bridgehead atoms. The van der Waals surface area contributed by atoms with E-state index in [0.717, 1.165) is 17.2 Å². The van der Waals surface area contributed by atoms with E-state index in [9.17, 15) is 10.2 Å². The van der Waals surface area contributed by atoms with Crippen molar-refractivity contribution in [2.75, 3.05) is 24.6 Å². The first kappa shape index (κ1) is 15.3. The third-order valence-corrected chi connectivity index (χ3v) is 7.05. The van der Waals surface area contributed by atoms with Crippen LogP contribution in [0, 0.1) is 11.3 Å². The highest BCUT2D eigenvalue weighted by atomic mass is 32.1. The van der Waals surface area contributed by atoms with E-state index in [-0.39, 0.29) is 23.9 Å². The maximum absolute atomic E-state index is 10.9. The molecule has 1 saturated heterocycles. The van der Waals surface area contributed by atoms with Gasteiger partial charge in [-0.25, -0.2) is 4.98 Å². The van der Waals surface area contributed by atoms with Gasteiger partial charge >= 0.3 is 0 Å². The molecule has 2 fully saturated rings. The molecule has 1 aliphatic heterocycles. The topological polar surface area (TPSA) is 56.6 Å². The molecule has 4 nitrogen and oxygen atoms in total. The maximum Gasteiger partial charge on any atom is 0.186 e. The van der Waals surface area contributed by atoms with Crippen molar-refractivity contribution in [1.29, 1.82) is 0 Å². The van der Waals surface area contributed by atoms with Crippen molar-refractivity contribution in [3.05, 3.63) is 60.2 Å². The summed E-state index contributed by atoms with van der Waals surface area (Å²) >= 11 is 1.67. The molecule has 0 radical (unpaired) electrons. The first-order chi connectivity index (χ1) is 12.2. The number of aromatic nitrogens is 1. The van der Waals surface area contributed by atoms with Gasteiger partial charge in [0.15, 0.2) is 5.13 Å². The molecule has 2 aromatic carbocycles. The number of anilines is 1. The summed E-state index contributed by atoms with van der Waals surface area (Å²) in [5, 5.41) is 21.8. The lowest BCUT2D eigenvalue weighted by atomic mass is 9.95. The van der Waals surface area contributed by atoms with Crippen molar-refractivity contribution in [3.63, 3.8) is 0 Å².